The average Bonchev–Trinajstić information content (AvgIpc) is 2.58. The van der Waals surface area contributed by atoms with Gasteiger partial charge in [-0.1, -0.05) is 52.8 Å². The van der Waals surface area contributed by atoms with E-state index in [-0.39, 0.29) is 17.9 Å². The maximum atomic E-state index is 12.8. The van der Waals surface area contributed by atoms with E-state index in [2.05, 4.69) is 15.1 Å². The Morgan fingerprint density at radius 2 is 1.83 bits per heavy atom. The molecule has 0 aliphatic carbocycles. The Bertz CT molecular complexity index is 713. The number of hydrogen-bond acceptors (Lipinski definition) is 4. The van der Waals surface area contributed by atoms with Gasteiger partial charge in [0.2, 0.25) is 0 Å². The van der Waals surface area contributed by atoms with E-state index >= 15 is 0 Å². The van der Waals surface area contributed by atoms with Crippen LogP contribution in [-0.4, -0.2) is 19.0 Å². The van der Waals surface area contributed by atoms with Crippen molar-refractivity contribution in [2.24, 2.45) is 10.3 Å². The first-order valence-corrected chi connectivity index (χ1v) is 6.99. The van der Waals surface area contributed by atoms with Gasteiger partial charge in [-0.3, -0.25) is 0 Å². The van der Waals surface area contributed by atoms with Crippen LogP contribution in [0.25, 0.3) is 0 Å². The van der Waals surface area contributed by atoms with Crippen molar-refractivity contribution in [3.63, 3.8) is 0 Å². The van der Waals surface area contributed by atoms with Crippen molar-refractivity contribution in [3.8, 4) is 0 Å². The van der Waals surface area contributed by atoms with Crippen LogP contribution in [0.15, 0.2) is 64.9 Å². The van der Waals surface area contributed by atoms with Crippen molar-refractivity contribution in [1.29, 1.82) is 0 Å². The molecule has 0 N–H and O–H groups in total. The zero-order chi connectivity index (χ0) is 17.4. The highest BCUT2D eigenvalue weighted by Gasteiger charge is 2.30. The molecule has 0 unspecified atom stereocenters. The average molecular weight is 336 g/mol. The van der Waals surface area contributed by atoms with Crippen LogP contribution in [0.1, 0.15) is 16.7 Å². The fourth-order valence-electron chi connectivity index (χ4n) is 1.88. The lowest BCUT2D eigenvalue weighted by molar-refractivity contribution is -0.137. The molecule has 2 rings (SSSR count). The van der Waals surface area contributed by atoms with Crippen molar-refractivity contribution < 1.29 is 22.8 Å². The van der Waals surface area contributed by atoms with Crippen molar-refractivity contribution >= 4 is 11.9 Å². The third-order valence-electron chi connectivity index (χ3n) is 3.00. The Kier molecular flexibility index (Phi) is 5.95. The third-order valence-corrected chi connectivity index (χ3v) is 3.00. The number of alkyl halides is 3. The molecule has 0 aromatic heterocycles. The van der Waals surface area contributed by atoms with Crippen molar-refractivity contribution in [3.05, 3.63) is 71.3 Å². The Balaban J connectivity index is 2.10. The molecule has 0 saturated carbocycles. The van der Waals surface area contributed by atoms with E-state index in [0.29, 0.717) is 0 Å². The number of hydrogen-bond donors (Lipinski definition) is 0. The van der Waals surface area contributed by atoms with E-state index in [0.717, 1.165) is 17.7 Å². The molecule has 24 heavy (non-hydrogen) atoms. The summed E-state index contributed by atoms with van der Waals surface area (Å²) in [6.45, 7) is 0.236. The van der Waals surface area contributed by atoms with Gasteiger partial charge >= 0.3 is 6.18 Å². The Morgan fingerprint density at radius 1 is 1.08 bits per heavy atom. The molecule has 2 aromatic rings. The first-order chi connectivity index (χ1) is 11.5. The lowest BCUT2D eigenvalue weighted by Crippen LogP contribution is -2.09. The summed E-state index contributed by atoms with van der Waals surface area (Å²) in [5.41, 5.74) is 0.483. The zero-order valence-corrected chi connectivity index (χ0v) is 12.8. The fraction of sp³-hybridized carbons (Fsp3) is 0.176. The van der Waals surface area contributed by atoms with Crippen LogP contribution in [0.2, 0.25) is 0 Å². The molecule has 0 heterocycles. The molecular formula is C17H15F3N2O2. The Morgan fingerprint density at radius 3 is 2.50 bits per heavy atom. The molecule has 0 radical (unpaired) electrons. The van der Waals surface area contributed by atoms with Gasteiger partial charge in [-0.15, -0.1) is 0 Å². The lowest BCUT2D eigenvalue weighted by atomic mass is 10.1. The Labute approximate surface area is 137 Å². The van der Waals surface area contributed by atoms with Gasteiger partial charge in [0.15, 0.2) is 0 Å². The van der Waals surface area contributed by atoms with Gasteiger partial charge in [0.25, 0.3) is 0 Å². The topological polar surface area (TPSA) is 43.2 Å². The molecule has 7 heteroatoms. The summed E-state index contributed by atoms with van der Waals surface area (Å²) in [5, 5.41) is 7.42. The van der Waals surface area contributed by atoms with Crippen LogP contribution in [0.4, 0.5) is 13.2 Å². The van der Waals surface area contributed by atoms with E-state index in [1.54, 1.807) is 0 Å². The molecule has 2 aromatic carbocycles. The highest BCUT2D eigenvalue weighted by molar-refractivity contribution is 6.37. The zero-order valence-electron chi connectivity index (χ0n) is 12.8. The van der Waals surface area contributed by atoms with Gasteiger partial charge < -0.3 is 9.68 Å². The van der Waals surface area contributed by atoms with Crippen LogP contribution >= 0.6 is 0 Å². The van der Waals surface area contributed by atoms with E-state index in [9.17, 15) is 13.2 Å². The summed E-state index contributed by atoms with van der Waals surface area (Å²) in [5.74, 6) is 0. The predicted molar refractivity (Wildman–Crippen MR) is 84.7 cm³/mol. The van der Waals surface area contributed by atoms with E-state index < -0.39 is 11.7 Å². The number of halogens is 3. The van der Waals surface area contributed by atoms with Gasteiger partial charge in [0, 0.05) is 5.56 Å². The summed E-state index contributed by atoms with van der Waals surface area (Å²) in [4.78, 5) is 9.79. The van der Waals surface area contributed by atoms with Gasteiger partial charge in [0.1, 0.15) is 19.4 Å². The summed E-state index contributed by atoms with van der Waals surface area (Å²) in [6, 6.07) is 14.1. The fourth-order valence-corrected chi connectivity index (χ4v) is 1.88. The highest BCUT2D eigenvalue weighted by atomic mass is 19.4. The van der Waals surface area contributed by atoms with Crippen LogP contribution in [0, 0.1) is 0 Å². The molecule has 0 atom stereocenters. The first-order valence-electron chi connectivity index (χ1n) is 6.99. The monoisotopic (exact) mass is 336 g/mol. The van der Waals surface area contributed by atoms with Crippen LogP contribution in [-0.2, 0) is 22.5 Å². The van der Waals surface area contributed by atoms with Crippen molar-refractivity contribution in [1.82, 2.24) is 0 Å². The largest absolute Gasteiger partial charge is 0.416 e. The second kappa shape index (κ2) is 8.14. The molecule has 0 aliphatic rings. The molecule has 0 spiro atoms. The maximum absolute atomic E-state index is 12.8. The number of rotatable bonds is 6. The molecule has 0 aliphatic heterocycles. The summed E-state index contributed by atoms with van der Waals surface area (Å²) in [7, 11) is 1.30. The lowest BCUT2D eigenvalue weighted by Gasteiger charge is -2.08. The summed E-state index contributed by atoms with van der Waals surface area (Å²) < 4.78 is 38.3. The minimum atomic E-state index is -4.44. The van der Waals surface area contributed by atoms with E-state index in [4.69, 9.17) is 4.84 Å². The van der Waals surface area contributed by atoms with Gasteiger partial charge in [-0.2, -0.15) is 13.2 Å². The molecule has 0 amide bonds. The van der Waals surface area contributed by atoms with Crippen LogP contribution in [0.5, 0.6) is 0 Å². The predicted octanol–water partition coefficient (Wildman–Crippen LogP) is 4.26. The number of benzene rings is 2. The van der Waals surface area contributed by atoms with Gasteiger partial charge in [-0.25, -0.2) is 0 Å². The third kappa shape index (κ3) is 5.12. The minimum Gasteiger partial charge on any atom is -0.399 e. The van der Waals surface area contributed by atoms with Crippen molar-refractivity contribution in [2.75, 3.05) is 7.11 Å². The molecule has 0 saturated heterocycles. The first kappa shape index (κ1) is 17.5. The molecule has 126 valence electrons. The highest BCUT2D eigenvalue weighted by Crippen LogP contribution is 2.29. The smallest absolute Gasteiger partial charge is 0.399 e. The molecule has 4 nitrogen and oxygen atoms in total. The van der Waals surface area contributed by atoms with E-state index in [1.165, 1.54) is 25.5 Å². The maximum Gasteiger partial charge on any atom is 0.416 e. The van der Waals surface area contributed by atoms with Crippen LogP contribution in [0.3, 0.4) is 0 Å². The SMILES string of the molecule is CON=C(C=NOCc1ccccc1)c1cccc(C(F)(F)F)c1. The van der Waals surface area contributed by atoms with Crippen LogP contribution < -0.4 is 0 Å². The number of oxime groups is 2. The minimum absolute atomic E-state index is 0.122. The second-order valence-corrected chi connectivity index (χ2v) is 4.73. The van der Waals surface area contributed by atoms with E-state index in [1.807, 2.05) is 30.3 Å². The Hall–Kier alpha value is -2.83. The molecular weight excluding hydrogens is 321 g/mol. The molecule has 0 bridgehead atoms. The van der Waals surface area contributed by atoms with Gasteiger partial charge in [0.05, 0.1) is 11.8 Å². The summed E-state index contributed by atoms with van der Waals surface area (Å²) in [6.07, 6.45) is -3.23. The summed E-state index contributed by atoms with van der Waals surface area (Å²) >= 11 is 0. The standard InChI is InChI=1S/C17H15F3N2O2/c1-23-22-16(11-21-24-12-13-6-3-2-4-7-13)14-8-5-9-15(10-14)17(18,19)20/h2-11H,12H2,1H3. The number of nitrogens with zero attached hydrogens (tertiary/aromatic N) is 2. The van der Waals surface area contributed by atoms with Gasteiger partial charge in [-0.05, 0) is 17.7 Å². The molecule has 0 fully saturated rings. The second-order valence-electron chi connectivity index (χ2n) is 4.73. The van der Waals surface area contributed by atoms with Crippen molar-refractivity contribution in [2.45, 2.75) is 12.8 Å². The normalized spacial score (nSPS) is 12.4. The quantitative estimate of drug-likeness (QED) is 0.584.